The molecule has 0 radical (unpaired) electrons. The number of unbranched alkanes of at least 4 members (excludes halogenated alkanes) is 1. The molecule has 0 aliphatic carbocycles. The Hall–Kier alpha value is -1.26. The van der Waals surface area contributed by atoms with Crippen LogP contribution in [0.5, 0.6) is 0 Å². The molecule has 0 aromatic carbocycles. The molecule has 0 heterocycles. The largest absolute Gasteiger partial charge is 0.357 e. The number of guanidine groups is 1. The lowest BCUT2D eigenvalue weighted by molar-refractivity contribution is -0.121. The number of carbonyl (C=O) groups is 1. The third kappa shape index (κ3) is 9.33. The lowest BCUT2D eigenvalue weighted by Crippen LogP contribution is -2.39. The van der Waals surface area contributed by atoms with E-state index >= 15 is 0 Å². The monoisotopic (exact) mass is 270 g/mol. The van der Waals surface area contributed by atoms with Gasteiger partial charge in [0, 0.05) is 32.6 Å². The minimum atomic E-state index is 0.0609. The summed E-state index contributed by atoms with van der Waals surface area (Å²) in [5.74, 6) is 0.944. The van der Waals surface area contributed by atoms with Crippen molar-refractivity contribution in [2.75, 3.05) is 26.7 Å². The molecule has 0 aromatic heterocycles. The van der Waals surface area contributed by atoms with E-state index < -0.39 is 0 Å². The van der Waals surface area contributed by atoms with Crippen molar-refractivity contribution in [1.29, 1.82) is 0 Å². The number of rotatable bonds is 8. The second-order valence-electron chi connectivity index (χ2n) is 4.98. The summed E-state index contributed by atoms with van der Waals surface area (Å²) in [6, 6.07) is 0.192. The average Bonchev–Trinajstić information content (AvgIpc) is 2.34. The topological polar surface area (TPSA) is 56.7 Å². The normalized spacial score (nSPS) is 11.6. The molecular weight excluding hydrogens is 240 g/mol. The van der Waals surface area contributed by atoms with Crippen molar-refractivity contribution in [3.63, 3.8) is 0 Å². The van der Waals surface area contributed by atoms with Gasteiger partial charge in [0.25, 0.3) is 0 Å². The lowest BCUT2D eigenvalue weighted by atomic mass is 10.3. The van der Waals surface area contributed by atoms with E-state index in [0.717, 1.165) is 25.5 Å². The van der Waals surface area contributed by atoms with E-state index in [1.54, 1.807) is 0 Å². The van der Waals surface area contributed by atoms with Crippen LogP contribution >= 0.6 is 0 Å². The number of nitrogens with one attached hydrogen (secondary N) is 2. The zero-order valence-electron chi connectivity index (χ0n) is 13.1. The first kappa shape index (κ1) is 17.7. The highest BCUT2D eigenvalue weighted by Crippen LogP contribution is 1.94. The van der Waals surface area contributed by atoms with E-state index in [2.05, 4.69) is 34.4 Å². The van der Waals surface area contributed by atoms with E-state index in [1.165, 1.54) is 6.42 Å². The summed E-state index contributed by atoms with van der Waals surface area (Å²) in [5, 5.41) is 6.12. The Morgan fingerprint density at radius 2 is 2.00 bits per heavy atom. The van der Waals surface area contributed by atoms with Gasteiger partial charge in [-0.15, -0.1) is 0 Å². The molecule has 0 saturated carbocycles. The molecule has 19 heavy (non-hydrogen) atoms. The lowest BCUT2D eigenvalue weighted by Gasteiger charge is -2.21. The van der Waals surface area contributed by atoms with Gasteiger partial charge in [0.1, 0.15) is 0 Å². The third-order valence-electron chi connectivity index (χ3n) is 2.59. The second-order valence-corrected chi connectivity index (χ2v) is 4.98. The van der Waals surface area contributed by atoms with Gasteiger partial charge in [0.05, 0.1) is 6.54 Å². The standard InChI is InChI=1S/C14H30N4O/c1-6-8-11-18(5)14(15-7-2)16-10-9-13(19)17-12(3)4/h12H,6-11H2,1-5H3,(H,15,16)(H,17,19). The number of nitrogens with zero attached hydrogens (tertiary/aromatic N) is 2. The predicted molar refractivity (Wildman–Crippen MR) is 81.4 cm³/mol. The van der Waals surface area contributed by atoms with E-state index in [-0.39, 0.29) is 11.9 Å². The zero-order valence-corrected chi connectivity index (χ0v) is 13.1. The van der Waals surface area contributed by atoms with Gasteiger partial charge < -0.3 is 15.5 Å². The number of carbonyl (C=O) groups excluding carboxylic acids is 1. The maximum atomic E-state index is 11.5. The van der Waals surface area contributed by atoms with Crippen molar-refractivity contribution in [3.05, 3.63) is 0 Å². The van der Waals surface area contributed by atoms with Crippen molar-refractivity contribution < 1.29 is 4.79 Å². The molecule has 0 saturated heterocycles. The molecule has 0 unspecified atom stereocenters. The van der Waals surface area contributed by atoms with Crippen molar-refractivity contribution in [3.8, 4) is 0 Å². The van der Waals surface area contributed by atoms with Crippen LogP contribution in [0.2, 0.25) is 0 Å². The van der Waals surface area contributed by atoms with Gasteiger partial charge in [-0.3, -0.25) is 9.79 Å². The smallest absolute Gasteiger partial charge is 0.222 e. The molecular formula is C14H30N4O. The highest BCUT2D eigenvalue weighted by Gasteiger charge is 2.06. The summed E-state index contributed by atoms with van der Waals surface area (Å²) in [7, 11) is 2.03. The quantitative estimate of drug-likeness (QED) is 0.520. The highest BCUT2D eigenvalue weighted by atomic mass is 16.1. The van der Waals surface area contributed by atoms with Crippen LogP contribution in [0.15, 0.2) is 4.99 Å². The van der Waals surface area contributed by atoms with Gasteiger partial charge in [0.15, 0.2) is 5.96 Å². The fraction of sp³-hybridized carbons (Fsp3) is 0.857. The molecule has 0 spiro atoms. The van der Waals surface area contributed by atoms with Crippen LogP contribution in [0.25, 0.3) is 0 Å². The molecule has 0 fully saturated rings. The first-order valence-electron chi connectivity index (χ1n) is 7.30. The van der Waals surface area contributed by atoms with Gasteiger partial charge in [-0.25, -0.2) is 0 Å². The van der Waals surface area contributed by atoms with E-state index in [9.17, 15) is 4.79 Å². The summed E-state index contributed by atoms with van der Waals surface area (Å²) in [4.78, 5) is 18.1. The number of hydrogen-bond acceptors (Lipinski definition) is 2. The molecule has 0 aliphatic rings. The Balaban J connectivity index is 4.21. The Kier molecular flexibility index (Phi) is 9.94. The van der Waals surface area contributed by atoms with Crippen LogP contribution in [-0.4, -0.2) is 49.5 Å². The first-order valence-corrected chi connectivity index (χ1v) is 7.30. The van der Waals surface area contributed by atoms with Gasteiger partial charge in [-0.05, 0) is 27.2 Å². The molecule has 1 amide bonds. The maximum Gasteiger partial charge on any atom is 0.222 e. The highest BCUT2D eigenvalue weighted by molar-refractivity contribution is 5.80. The second kappa shape index (κ2) is 10.6. The SMILES string of the molecule is CCCCN(C)C(=NCCC(=O)NC(C)C)NCC. The van der Waals surface area contributed by atoms with Gasteiger partial charge >= 0.3 is 0 Å². The van der Waals surface area contributed by atoms with Gasteiger partial charge in [0.2, 0.25) is 5.91 Å². The Morgan fingerprint density at radius 1 is 1.32 bits per heavy atom. The summed E-state index contributed by atoms with van der Waals surface area (Å²) in [5.41, 5.74) is 0. The van der Waals surface area contributed by atoms with E-state index in [4.69, 9.17) is 0 Å². The number of hydrogen-bond donors (Lipinski definition) is 2. The fourth-order valence-electron chi connectivity index (χ4n) is 1.63. The van der Waals surface area contributed by atoms with Crippen LogP contribution in [0.4, 0.5) is 0 Å². The van der Waals surface area contributed by atoms with Crippen LogP contribution in [0.3, 0.4) is 0 Å². The predicted octanol–water partition coefficient (Wildman–Crippen LogP) is 1.60. The molecule has 5 nitrogen and oxygen atoms in total. The van der Waals surface area contributed by atoms with Crippen LogP contribution in [0, 0.1) is 0 Å². The first-order chi connectivity index (χ1) is 9.01. The minimum absolute atomic E-state index is 0.0609. The third-order valence-corrected chi connectivity index (χ3v) is 2.59. The minimum Gasteiger partial charge on any atom is -0.357 e. The maximum absolute atomic E-state index is 11.5. The number of amides is 1. The van der Waals surface area contributed by atoms with Crippen LogP contribution < -0.4 is 10.6 Å². The van der Waals surface area contributed by atoms with Crippen molar-refractivity contribution in [1.82, 2.24) is 15.5 Å². The molecule has 0 atom stereocenters. The van der Waals surface area contributed by atoms with Crippen LogP contribution in [-0.2, 0) is 4.79 Å². The summed E-state index contributed by atoms with van der Waals surface area (Å²) in [6.07, 6.45) is 2.75. The zero-order chi connectivity index (χ0) is 14.7. The fourth-order valence-corrected chi connectivity index (χ4v) is 1.63. The molecule has 2 N–H and O–H groups in total. The molecule has 0 aliphatic heterocycles. The van der Waals surface area contributed by atoms with Crippen molar-refractivity contribution in [2.45, 2.75) is 53.0 Å². The molecule has 0 aromatic rings. The van der Waals surface area contributed by atoms with E-state index in [0.29, 0.717) is 13.0 Å². The Morgan fingerprint density at radius 3 is 2.53 bits per heavy atom. The molecule has 0 bridgehead atoms. The van der Waals surface area contributed by atoms with Gasteiger partial charge in [-0.1, -0.05) is 13.3 Å². The van der Waals surface area contributed by atoms with Gasteiger partial charge in [-0.2, -0.15) is 0 Å². The summed E-state index contributed by atoms with van der Waals surface area (Å²) < 4.78 is 0. The average molecular weight is 270 g/mol. The van der Waals surface area contributed by atoms with Crippen LogP contribution in [0.1, 0.15) is 47.0 Å². The Labute approximate surface area is 117 Å². The van der Waals surface area contributed by atoms with Crippen molar-refractivity contribution >= 4 is 11.9 Å². The molecule has 5 heteroatoms. The number of aliphatic imine (C=N–C) groups is 1. The molecule has 112 valence electrons. The summed E-state index contributed by atoms with van der Waals surface area (Å²) >= 11 is 0. The Bertz CT molecular complexity index is 277. The van der Waals surface area contributed by atoms with Crippen molar-refractivity contribution in [2.24, 2.45) is 4.99 Å². The summed E-state index contributed by atoms with van der Waals surface area (Å²) in [6.45, 7) is 10.5. The van der Waals surface area contributed by atoms with E-state index in [1.807, 2.05) is 20.9 Å². The molecule has 0 rings (SSSR count).